The molecule has 4 rings (SSSR count). The van der Waals surface area contributed by atoms with Crippen LogP contribution in [0.4, 0.5) is 17.2 Å². The summed E-state index contributed by atoms with van der Waals surface area (Å²) < 4.78 is 21.3. The van der Waals surface area contributed by atoms with Crippen LogP contribution in [0.3, 0.4) is 0 Å². The molecule has 3 aromatic carbocycles. The molecule has 0 radical (unpaired) electrons. The maximum Gasteiger partial charge on any atom is 0.311 e. The Morgan fingerprint density at radius 2 is 1.55 bits per heavy atom. The van der Waals surface area contributed by atoms with Crippen LogP contribution in [0.15, 0.2) is 54.6 Å². The Morgan fingerprint density at radius 1 is 0.848 bits per heavy atom. The number of methoxy groups -OCH3 is 4. The minimum atomic E-state index is -0.450. The summed E-state index contributed by atoms with van der Waals surface area (Å²) >= 11 is 0. The maximum atomic E-state index is 11.5. The van der Waals surface area contributed by atoms with Crippen LogP contribution in [0.25, 0.3) is 22.0 Å². The van der Waals surface area contributed by atoms with E-state index in [0.29, 0.717) is 22.8 Å². The number of nitrogens with one attached hydrogen (secondary N) is 2. The van der Waals surface area contributed by atoms with Gasteiger partial charge in [-0.15, -0.1) is 0 Å². The number of fused-ring (bicyclic) bond motifs is 1. The lowest BCUT2D eigenvalue weighted by molar-refractivity contribution is -0.385. The quantitative estimate of drug-likeness (QED) is 0.269. The third-order valence-electron chi connectivity index (χ3n) is 5.29. The Bertz CT molecular complexity index is 1310. The zero-order valence-corrected chi connectivity index (χ0v) is 18.6. The molecule has 0 spiro atoms. The van der Waals surface area contributed by atoms with E-state index in [1.165, 1.54) is 13.2 Å². The fourth-order valence-corrected chi connectivity index (χ4v) is 3.77. The van der Waals surface area contributed by atoms with Crippen molar-refractivity contribution in [3.05, 3.63) is 64.7 Å². The molecule has 0 bridgehead atoms. The monoisotopic (exact) mass is 449 g/mol. The highest BCUT2D eigenvalue weighted by Crippen LogP contribution is 2.41. The van der Waals surface area contributed by atoms with Crippen molar-refractivity contribution in [2.45, 2.75) is 0 Å². The zero-order valence-electron chi connectivity index (χ0n) is 18.6. The molecular formula is C24H23N3O6. The second kappa shape index (κ2) is 8.99. The average molecular weight is 449 g/mol. The van der Waals surface area contributed by atoms with Crippen LogP contribution < -0.4 is 24.3 Å². The molecular weight excluding hydrogens is 426 g/mol. The Balaban J connectivity index is 1.75. The Labute approximate surface area is 190 Å². The van der Waals surface area contributed by atoms with E-state index in [-0.39, 0.29) is 11.4 Å². The first-order valence-corrected chi connectivity index (χ1v) is 10.0. The van der Waals surface area contributed by atoms with E-state index in [2.05, 4.69) is 10.3 Å². The van der Waals surface area contributed by atoms with Crippen molar-refractivity contribution in [3.63, 3.8) is 0 Å². The molecule has 0 aliphatic heterocycles. The second-order valence-electron chi connectivity index (χ2n) is 7.14. The van der Waals surface area contributed by atoms with Crippen molar-refractivity contribution in [2.24, 2.45) is 0 Å². The summed E-state index contributed by atoms with van der Waals surface area (Å²) in [6.45, 7) is 0. The lowest BCUT2D eigenvalue weighted by Crippen LogP contribution is -1.98. The number of hydrogen-bond acceptors (Lipinski definition) is 7. The number of benzene rings is 3. The first-order valence-electron chi connectivity index (χ1n) is 10.0. The van der Waals surface area contributed by atoms with Crippen molar-refractivity contribution in [1.82, 2.24) is 4.98 Å². The van der Waals surface area contributed by atoms with Gasteiger partial charge in [-0.05, 0) is 17.7 Å². The van der Waals surface area contributed by atoms with Crippen LogP contribution >= 0.6 is 0 Å². The largest absolute Gasteiger partial charge is 0.493 e. The maximum absolute atomic E-state index is 11.5. The fourth-order valence-electron chi connectivity index (χ4n) is 3.77. The molecule has 0 aliphatic rings. The zero-order chi connectivity index (χ0) is 23.5. The molecule has 1 heterocycles. The minimum absolute atomic E-state index is 0.0886. The van der Waals surface area contributed by atoms with Gasteiger partial charge in [-0.3, -0.25) is 10.1 Å². The van der Waals surface area contributed by atoms with Gasteiger partial charge in [0.2, 0.25) is 5.75 Å². The Morgan fingerprint density at radius 3 is 2.15 bits per heavy atom. The van der Waals surface area contributed by atoms with Gasteiger partial charge in [0, 0.05) is 34.8 Å². The molecule has 33 heavy (non-hydrogen) atoms. The van der Waals surface area contributed by atoms with E-state index < -0.39 is 4.92 Å². The number of aromatic amines is 1. The van der Waals surface area contributed by atoms with Crippen molar-refractivity contribution in [2.75, 3.05) is 33.8 Å². The molecule has 0 unspecified atom stereocenters. The van der Waals surface area contributed by atoms with Crippen molar-refractivity contribution >= 4 is 28.1 Å². The number of anilines is 2. The van der Waals surface area contributed by atoms with Gasteiger partial charge >= 0.3 is 5.69 Å². The Kier molecular flexibility index (Phi) is 5.95. The van der Waals surface area contributed by atoms with E-state index in [1.54, 1.807) is 45.6 Å². The molecule has 0 atom stereocenters. The molecule has 9 nitrogen and oxygen atoms in total. The summed E-state index contributed by atoms with van der Waals surface area (Å²) in [5.74, 6) is 2.51. The number of H-pyrrole nitrogens is 1. The predicted molar refractivity (Wildman–Crippen MR) is 126 cm³/mol. The molecule has 170 valence electrons. The fraction of sp³-hybridized carbons (Fsp3) is 0.167. The summed E-state index contributed by atoms with van der Waals surface area (Å²) in [6, 6.07) is 16.3. The van der Waals surface area contributed by atoms with Gasteiger partial charge < -0.3 is 29.2 Å². The van der Waals surface area contributed by atoms with E-state index in [1.807, 2.05) is 24.3 Å². The first-order chi connectivity index (χ1) is 16.0. The SMILES string of the molecule is COc1ccc(-c2cccc3cc(Nc4cc(OC)c(OC)c(OC)c4)[nH]c23)cc1[N+](=O)[O-]. The summed E-state index contributed by atoms with van der Waals surface area (Å²) in [5, 5.41) is 15.7. The second-order valence-corrected chi connectivity index (χ2v) is 7.14. The highest BCUT2D eigenvalue weighted by atomic mass is 16.6. The lowest BCUT2D eigenvalue weighted by atomic mass is 10.0. The number of aromatic nitrogens is 1. The minimum Gasteiger partial charge on any atom is -0.493 e. The van der Waals surface area contributed by atoms with E-state index in [0.717, 1.165) is 28.0 Å². The molecule has 9 heteroatoms. The van der Waals surface area contributed by atoms with Gasteiger partial charge in [0.15, 0.2) is 17.2 Å². The smallest absolute Gasteiger partial charge is 0.311 e. The summed E-state index contributed by atoms with van der Waals surface area (Å²) in [6.07, 6.45) is 0. The Hall–Kier alpha value is -4.40. The molecule has 2 N–H and O–H groups in total. The van der Waals surface area contributed by atoms with Crippen LogP contribution in [0.1, 0.15) is 0 Å². The van der Waals surface area contributed by atoms with Gasteiger partial charge in [0.1, 0.15) is 5.82 Å². The predicted octanol–water partition coefficient (Wildman–Crippen LogP) is 5.52. The van der Waals surface area contributed by atoms with Crippen LogP contribution in [0.2, 0.25) is 0 Å². The third kappa shape index (κ3) is 4.08. The molecule has 0 fully saturated rings. The van der Waals surface area contributed by atoms with Crippen LogP contribution in [-0.2, 0) is 0 Å². The van der Waals surface area contributed by atoms with Crippen LogP contribution in [0, 0.1) is 10.1 Å². The standard InChI is InChI=1S/C24H23N3O6/c1-30-19-9-8-14(10-18(19)27(28)29)17-7-5-6-15-11-22(26-23(15)17)25-16-12-20(31-2)24(33-4)21(13-16)32-3/h5-13,25-26H,1-4H3. The first kappa shape index (κ1) is 21.8. The number of nitro groups is 1. The van der Waals surface area contributed by atoms with E-state index in [9.17, 15) is 10.1 Å². The molecule has 0 saturated carbocycles. The average Bonchev–Trinajstić information content (AvgIpc) is 3.25. The molecule has 0 aliphatic carbocycles. The number of rotatable bonds is 8. The number of nitrogens with zero attached hydrogens (tertiary/aromatic N) is 1. The molecule has 4 aromatic rings. The topological polar surface area (TPSA) is 108 Å². The number of para-hydroxylation sites is 1. The van der Waals surface area contributed by atoms with E-state index >= 15 is 0 Å². The van der Waals surface area contributed by atoms with Gasteiger partial charge in [-0.25, -0.2) is 0 Å². The number of hydrogen-bond donors (Lipinski definition) is 2. The highest BCUT2D eigenvalue weighted by molar-refractivity contribution is 5.97. The van der Waals surface area contributed by atoms with Gasteiger partial charge in [0.25, 0.3) is 0 Å². The summed E-state index contributed by atoms with van der Waals surface area (Å²) in [5.41, 5.74) is 3.02. The van der Waals surface area contributed by atoms with Gasteiger partial charge in [0.05, 0.1) is 38.9 Å². The molecule has 0 amide bonds. The van der Waals surface area contributed by atoms with Gasteiger partial charge in [-0.2, -0.15) is 0 Å². The van der Waals surface area contributed by atoms with Crippen molar-refractivity contribution in [3.8, 4) is 34.1 Å². The summed E-state index contributed by atoms with van der Waals surface area (Å²) in [4.78, 5) is 14.4. The lowest BCUT2D eigenvalue weighted by Gasteiger charge is -2.14. The molecule has 1 aromatic heterocycles. The normalized spacial score (nSPS) is 10.7. The van der Waals surface area contributed by atoms with Crippen LogP contribution in [0.5, 0.6) is 23.0 Å². The van der Waals surface area contributed by atoms with Crippen molar-refractivity contribution < 1.29 is 23.9 Å². The van der Waals surface area contributed by atoms with Crippen molar-refractivity contribution in [1.29, 1.82) is 0 Å². The number of ether oxygens (including phenoxy) is 4. The van der Waals surface area contributed by atoms with Gasteiger partial charge in [-0.1, -0.05) is 24.3 Å². The van der Waals surface area contributed by atoms with Crippen LogP contribution in [-0.4, -0.2) is 38.3 Å². The third-order valence-corrected chi connectivity index (χ3v) is 5.29. The highest BCUT2D eigenvalue weighted by Gasteiger charge is 2.18. The summed E-state index contributed by atoms with van der Waals surface area (Å²) in [7, 11) is 6.08. The number of nitro benzene ring substituents is 1. The van der Waals surface area contributed by atoms with E-state index in [4.69, 9.17) is 18.9 Å². The molecule has 0 saturated heterocycles.